The number of anilines is 1. The Hall–Kier alpha value is -4.21. The number of halogens is 2. The lowest BCUT2D eigenvalue weighted by atomic mass is 10.0. The van der Waals surface area contributed by atoms with Gasteiger partial charge in [-0.3, -0.25) is 13.9 Å². The van der Waals surface area contributed by atoms with Crippen LogP contribution < -0.4 is 9.62 Å². The number of benzene rings is 4. The lowest BCUT2D eigenvalue weighted by molar-refractivity contribution is -0.140. The predicted octanol–water partition coefficient (Wildman–Crippen LogP) is 6.15. The van der Waals surface area contributed by atoms with E-state index in [4.69, 9.17) is 11.6 Å². The molecule has 0 saturated heterocycles. The van der Waals surface area contributed by atoms with Crippen LogP contribution in [0.2, 0.25) is 5.02 Å². The summed E-state index contributed by atoms with van der Waals surface area (Å²) >= 11 is 6.48. The summed E-state index contributed by atoms with van der Waals surface area (Å²) in [6.07, 6.45) is 0.121. The van der Waals surface area contributed by atoms with Crippen molar-refractivity contribution in [3.63, 3.8) is 0 Å². The van der Waals surface area contributed by atoms with E-state index >= 15 is 0 Å². The maximum atomic E-state index is 15.0. The van der Waals surface area contributed by atoms with Crippen LogP contribution in [-0.4, -0.2) is 43.8 Å². The van der Waals surface area contributed by atoms with Crippen LogP contribution in [0.5, 0.6) is 0 Å². The third-order valence-electron chi connectivity index (χ3n) is 7.01. The molecule has 4 aromatic rings. The molecule has 0 bridgehead atoms. The fraction of sp³-hybridized carbons (Fsp3) is 0.235. The van der Waals surface area contributed by atoms with E-state index in [1.807, 2.05) is 37.3 Å². The Balaban J connectivity index is 1.82. The number of carbonyl (C=O) groups excluding carboxylic acids is 2. The fourth-order valence-corrected chi connectivity index (χ4v) is 6.47. The molecule has 230 valence electrons. The molecule has 44 heavy (non-hydrogen) atoms. The van der Waals surface area contributed by atoms with Crippen molar-refractivity contribution in [2.75, 3.05) is 10.8 Å². The summed E-state index contributed by atoms with van der Waals surface area (Å²) in [5, 5.41) is 3.00. The lowest BCUT2D eigenvalue weighted by Crippen LogP contribution is -2.54. The van der Waals surface area contributed by atoms with Crippen molar-refractivity contribution in [2.45, 2.75) is 50.7 Å². The summed E-state index contributed by atoms with van der Waals surface area (Å²) in [5.74, 6) is -1.70. The summed E-state index contributed by atoms with van der Waals surface area (Å²) in [5.41, 5.74) is 1.92. The first-order valence-corrected chi connectivity index (χ1v) is 16.0. The standard InChI is InChI=1S/C34H35ClFN3O4S/c1-24(2)37-34(41)32(21-26-11-5-4-6-12-26)38(22-27-13-7-9-15-30(27)36)33(40)23-39(31-16-10-8-14-29(31)35)44(42,43)28-19-17-25(3)18-20-28/h4-20,24,32H,21-23H2,1-3H3,(H,37,41)/t32-/m1/s1. The Kier molecular flexibility index (Phi) is 10.8. The second-order valence-electron chi connectivity index (χ2n) is 10.8. The normalized spacial score (nSPS) is 12.0. The number of nitrogens with one attached hydrogen (secondary N) is 1. The lowest BCUT2D eigenvalue weighted by Gasteiger charge is -2.34. The van der Waals surface area contributed by atoms with Crippen molar-refractivity contribution in [1.29, 1.82) is 0 Å². The van der Waals surface area contributed by atoms with Gasteiger partial charge in [0.05, 0.1) is 15.6 Å². The highest BCUT2D eigenvalue weighted by molar-refractivity contribution is 7.92. The monoisotopic (exact) mass is 635 g/mol. The zero-order chi connectivity index (χ0) is 31.9. The van der Waals surface area contributed by atoms with Crippen LogP contribution >= 0.6 is 11.6 Å². The van der Waals surface area contributed by atoms with Crippen LogP contribution in [0.25, 0.3) is 0 Å². The zero-order valence-corrected chi connectivity index (χ0v) is 26.4. The summed E-state index contributed by atoms with van der Waals surface area (Å²) < 4.78 is 44.0. The minimum Gasteiger partial charge on any atom is -0.352 e. The van der Waals surface area contributed by atoms with E-state index in [0.717, 1.165) is 15.4 Å². The number of rotatable bonds is 12. The number of hydrogen-bond acceptors (Lipinski definition) is 4. The molecule has 0 radical (unpaired) electrons. The van der Waals surface area contributed by atoms with Gasteiger partial charge in [0.1, 0.15) is 18.4 Å². The average molecular weight is 636 g/mol. The first-order valence-electron chi connectivity index (χ1n) is 14.2. The molecule has 0 spiro atoms. The van der Waals surface area contributed by atoms with E-state index in [9.17, 15) is 22.4 Å². The van der Waals surface area contributed by atoms with Gasteiger partial charge in [0.25, 0.3) is 10.0 Å². The van der Waals surface area contributed by atoms with Crippen LogP contribution in [0.3, 0.4) is 0 Å². The van der Waals surface area contributed by atoms with Crippen molar-refractivity contribution in [2.24, 2.45) is 0 Å². The van der Waals surface area contributed by atoms with Gasteiger partial charge in [-0.25, -0.2) is 12.8 Å². The van der Waals surface area contributed by atoms with E-state index in [-0.39, 0.29) is 40.2 Å². The van der Waals surface area contributed by atoms with Crippen molar-refractivity contribution in [1.82, 2.24) is 10.2 Å². The highest BCUT2D eigenvalue weighted by Crippen LogP contribution is 2.31. The maximum absolute atomic E-state index is 15.0. The van der Waals surface area contributed by atoms with Gasteiger partial charge >= 0.3 is 0 Å². The first kappa shape index (κ1) is 32.7. The predicted molar refractivity (Wildman–Crippen MR) is 171 cm³/mol. The zero-order valence-electron chi connectivity index (χ0n) is 24.8. The van der Waals surface area contributed by atoms with Crippen LogP contribution in [0.4, 0.5) is 10.1 Å². The van der Waals surface area contributed by atoms with Crippen LogP contribution in [0, 0.1) is 12.7 Å². The number of nitrogens with zero attached hydrogens (tertiary/aromatic N) is 2. The van der Waals surface area contributed by atoms with Gasteiger partial charge in [0.2, 0.25) is 11.8 Å². The molecule has 1 N–H and O–H groups in total. The topological polar surface area (TPSA) is 86.8 Å². The highest BCUT2D eigenvalue weighted by atomic mass is 35.5. The molecular weight excluding hydrogens is 601 g/mol. The van der Waals surface area contributed by atoms with Gasteiger partial charge in [0, 0.05) is 24.6 Å². The molecule has 10 heteroatoms. The number of para-hydroxylation sites is 1. The molecule has 0 aliphatic rings. The van der Waals surface area contributed by atoms with E-state index in [1.54, 1.807) is 44.2 Å². The minimum atomic E-state index is -4.30. The van der Waals surface area contributed by atoms with Gasteiger partial charge in [-0.1, -0.05) is 90.0 Å². The molecule has 1 atom stereocenters. The Bertz CT molecular complexity index is 1700. The van der Waals surface area contributed by atoms with Gasteiger partial charge in [-0.15, -0.1) is 0 Å². The van der Waals surface area contributed by atoms with E-state index in [0.29, 0.717) is 0 Å². The molecule has 0 aromatic heterocycles. The first-order chi connectivity index (χ1) is 21.0. The summed E-state index contributed by atoms with van der Waals surface area (Å²) in [6, 6.07) is 26.4. The number of sulfonamides is 1. The minimum absolute atomic E-state index is 0.0325. The van der Waals surface area contributed by atoms with Gasteiger partial charge < -0.3 is 10.2 Å². The van der Waals surface area contributed by atoms with Crippen molar-refractivity contribution in [3.8, 4) is 0 Å². The molecule has 0 saturated carbocycles. The molecule has 4 rings (SSSR count). The Labute approximate surface area is 263 Å². The largest absolute Gasteiger partial charge is 0.352 e. The maximum Gasteiger partial charge on any atom is 0.264 e. The highest BCUT2D eigenvalue weighted by Gasteiger charge is 2.35. The van der Waals surface area contributed by atoms with Crippen LogP contribution in [0.1, 0.15) is 30.5 Å². The van der Waals surface area contributed by atoms with E-state index in [2.05, 4.69) is 5.32 Å². The number of amides is 2. The second kappa shape index (κ2) is 14.5. The summed E-state index contributed by atoms with van der Waals surface area (Å²) in [7, 11) is -4.30. The molecule has 4 aromatic carbocycles. The van der Waals surface area contributed by atoms with Crippen molar-refractivity contribution < 1.29 is 22.4 Å². The number of aryl methyl sites for hydroxylation is 1. The summed E-state index contributed by atoms with van der Waals surface area (Å²) in [4.78, 5) is 29.3. The summed E-state index contributed by atoms with van der Waals surface area (Å²) in [6.45, 7) is 4.48. The SMILES string of the molecule is Cc1ccc(S(=O)(=O)N(CC(=O)N(Cc2ccccc2F)[C@H](Cc2ccccc2)C(=O)NC(C)C)c2ccccc2Cl)cc1. The van der Waals surface area contributed by atoms with Crippen LogP contribution in [-0.2, 0) is 32.6 Å². The molecule has 0 aliphatic heterocycles. The van der Waals surface area contributed by atoms with Crippen LogP contribution in [0.15, 0.2) is 108 Å². The smallest absolute Gasteiger partial charge is 0.264 e. The fourth-order valence-electron chi connectivity index (χ4n) is 4.75. The van der Waals surface area contributed by atoms with Crippen molar-refractivity contribution in [3.05, 3.63) is 131 Å². The second-order valence-corrected chi connectivity index (χ2v) is 13.0. The van der Waals surface area contributed by atoms with Gasteiger partial charge in [-0.05, 0) is 56.7 Å². The van der Waals surface area contributed by atoms with Crippen molar-refractivity contribution >= 4 is 39.1 Å². The van der Waals surface area contributed by atoms with E-state index in [1.165, 1.54) is 47.4 Å². The average Bonchev–Trinajstić information content (AvgIpc) is 2.99. The molecular formula is C34H35ClFN3O4S. The molecule has 2 amide bonds. The Morgan fingerprint density at radius 3 is 2.11 bits per heavy atom. The molecule has 0 heterocycles. The Morgan fingerprint density at radius 1 is 0.864 bits per heavy atom. The molecule has 0 aliphatic carbocycles. The third kappa shape index (κ3) is 8.03. The molecule has 0 unspecified atom stereocenters. The molecule has 0 fully saturated rings. The van der Waals surface area contributed by atoms with Gasteiger partial charge in [-0.2, -0.15) is 0 Å². The quantitative estimate of drug-likeness (QED) is 0.202. The Morgan fingerprint density at radius 2 is 1.48 bits per heavy atom. The number of hydrogen-bond donors (Lipinski definition) is 1. The van der Waals surface area contributed by atoms with E-state index < -0.39 is 40.2 Å². The molecule has 7 nitrogen and oxygen atoms in total. The third-order valence-corrected chi connectivity index (χ3v) is 9.10. The number of carbonyl (C=O) groups is 2. The van der Waals surface area contributed by atoms with Gasteiger partial charge in [0.15, 0.2) is 0 Å².